The Morgan fingerprint density at radius 2 is 1.52 bits per heavy atom. The Balaban J connectivity index is 1.53. The van der Waals surface area contributed by atoms with Crippen LogP contribution in [0.1, 0.15) is 55.6 Å². The molecule has 0 aromatic heterocycles. The van der Waals surface area contributed by atoms with Gasteiger partial charge >= 0.3 is 0 Å². The van der Waals surface area contributed by atoms with Gasteiger partial charge in [0.1, 0.15) is 18.2 Å². The smallest absolute Gasteiger partial charge is 0.161 e. The van der Waals surface area contributed by atoms with Gasteiger partial charge in [-0.25, -0.2) is 4.39 Å². The van der Waals surface area contributed by atoms with E-state index in [1.807, 2.05) is 12.1 Å². The maximum Gasteiger partial charge on any atom is 0.161 e. The van der Waals surface area contributed by atoms with E-state index in [4.69, 9.17) is 4.74 Å². The summed E-state index contributed by atoms with van der Waals surface area (Å²) in [7, 11) is 0. The fourth-order valence-electron chi connectivity index (χ4n) is 4.98. The Morgan fingerprint density at radius 3 is 2.09 bits per heavy atom. The molecule has 0 saturated carbocycles. The van der Waals surface area contributed by atoms with Gasteiger partial charge in [-0.3, -0.25) is 9.59 Å². The zero-order chi connectivity index (χ0) is 23.1. The molecule has 0 bridgehead atoms. The van der Waals surface area contributed by atoms with Gasteiger partial charge in [0.05, 0.1) is 8.95 Å². The highest BCUT2D eigenvalue weighted by atomic mass is 79.9. The fourth-order valence-corrected chi connectivity index (χ4v) is 6.43. The van der Waals surface area contributed by atoms with Crippen molar-refractivity contribution in [2.45, 2.75) is 51.0 Å². The van der Waals surface area contributed by atoms with Crippen molar-refractivity contribution < 1.29 is 18.7 Å². The van der Waals surface area contributed by atoms with Crippen LogP contribution in [0.25, 0.3) is 0 Å². The minimum atomic E-state index is -0.373. The molecule has 0 fully saturated rings. The molecule has 1 N–H and O–H groups in total. The summed E-state index contributed by atoms with van der Waals surface area (Å²) in [5.41, 5.74) is 4.97. The average molecular weight is 575 g/mol. The Morgan fingerprint density at radius 1 is 0.909 bits per heavy atom. The second kappa shape index (κ2) is 9.18. The number of carbonyl (C=O) groups is 2. The van der Waals surface area contributed by atoms with E-state index in [-0.39, 0.29) is 29.9 Å². The molecule has 4 nitrogen and oxygen atoms in total. The first kappa shape index (κ1) is 22.5. The molecule has 0 radical (unpaired) electrons. The Kier molecular flexibility index (Phi) is 6.27. The summed E-state index contributed by atoms with van der Waals surface area (Å²) in [6.45, 7) is 0.212. The summed E-state index contributed by atoms with van der Waals surface area (Å²) in [5, 5.41) is 3.44. The fraction of sp³-hybridized carbons (Fsp3) is 0.308. The lowest BCUT2D eigenvalue weighted by atomic mass is 9.71. The molecule has 2 aromatic carbocycles. The number of rotatable bonds is 4. The standard InChI is InChI=1S/C26H22Br2FNO3/c27-17-11-15(12-18(28)26(17)33-13-14-4-1-5-16(29)10-14)23-24-19(6-2-8-21(24)31)30-20-7-3-9-22(32)25(20)23/h1,4-5,10-12,23,30H,2-3,6-9,13H2. The normalized spacial score (nSPS) is 18.8. The molecule has 33 heavy (non-hydrogen) atoms. The molecule has 0 atom stereocenters. The van der Waals surface area contributed by atoms with Crippen molar-refractivity contribution in [1.82, 2.24) is 5.32 Å². The van der Waals surface area contributed by atoms with Gasteiger partial charge in [0.15, 0.2) is 11.6 Å². The van der Waals surface area contributed by atoms with Crippen molar-refractivity contribution in [2.75, 3.05) is 0 Å². The van der Waals surface area contributed by atoms with Crippen molar-refractivity contribution in [3.05, 3.63) is 84.8 Å². The molecular formula is C26H22Br2FNO3. The molecule has 1 aliphatic heterocycles. The topological polar surface area (TPSA) is 55.4 Å². The highest BCUT2D eigenvalue weighted by Crippen LogP contribution is 2.47. The predicted octanol–water partition coefficient (Wildman–Crippen LogP) is 6.63. The second-order valence-corrected chi connectivity index (χ2v) is 10.3. The van der Waals surface area contributed by atoms with E-state index in [1.165, 1.54) is 12.1 Å². The quantitative estimate of drug-likeness (QED) is 0.445. The van der Waals surface area contributed by atoms with Crippen LogP contribution in [0.5, 0.6) is 5.75 Å². The number of dihydropyridines is 1. The molecule has 5 rings (SSSR count). The largest absolute Gasteiger partial charge is 0.487 e. The van der Waals surface area contributed by atoms with Crippen molar-refractivity contribution in [2.24, 2.45) is 0 Å². The maximum atomic E-state index is 13.5. The van der Waals surface area contributed by atoms with Crippen LogP contribution in [-0.2, 0) is 16.2 Å². The van der Waals surface area contributed by atoms with Crippen molar-refractivity contribution in [3.63, 3.8) is 0 Å². The van der Waals surface area contributed by atoms with Gasteiger partial charge in [-0.15, -0.1) is 0 Å². The predicted molar refractivity (Wildman–Crippen MR) is 130 cm³/mol. The molecule has 7 heteroatoms. The van der Waals surface area contributed by atoms with E-state index in [0.29, 0.717) is 27.5 Å². The number of benzene rings is 2. The van der Waals surface area contributed by atoms with Crippen LogP contribution in [0.15, 0.2) is 67.9 Å². The highest BCUT2D eigenvalue weighted by Gasteiger charge is 2.40. The summed E-state index contributed by atoms with van der Waals surface area (Å²) in [4.78, 5) is 26.0. The minimum Gasteiger partial charge on any atom is -0.487 e. The summed E-state index contributed by atoms with van der Waals surface area (Å²) in [6, 6.07) is 10.2. The molecule has 3 aliphatic rings. The Bertz CT molecular complexity index is 1170. The lowest BCUT2D eigenvalue weighted by Crippen LogP contribution is -2.36. The van der Waals surface area contributed by atoms with Gasteiger partial charge < -0.3 is 10.1 Å². The van der Waals surface area contributed by atoms with E-state index in [0.717, 1.165) is 59.4 Å². The minimum absolute atomic E-state index is 0.109. The summed E-state index contributed by atoms with van der Waals surface area (Å²) < 4.78 is 20.9. The van der Waals surface area contributed by atoms with Crippen molar-refractivity contribution in [3.8, 4) is 5.75 Å². The number of nitrogens with one attached hydrogen (secondary N) is 1. The van der Waals surface area contributed by atoms with Crippen LogP contribution in [0.2, 0.25) is 0 Å². The number of carbonyl (C=O) groups excluding carboxylic acids is 2. The third-order valence-corrected chi connectivity index (χ3v) is 7.60. The van der Waals surface area contributed by atoms with Crippen LogP contribution >= 0.6 is 31.9 Å². The van der Waals surface area contributed by atoms with E-state index in [9.17, 15) is 14.0 Å². The van der Waals surface area contributed by atoms with Crippen LogP contribution < -0.4 is 10.1 Å². The van der Waals surface area contributed by atoms with Gasteiger partial charge in [0, 0.05) is 41.3 Å². The summed E-state index contributed by atoms with van der Waals surface area (Å²) in [5.74, 6) is 0.125. The monoisotopic (exact) mass is 573 g/mol. The molecule has 0 saturated heterocycles. The first-order valence-electron chi connectivity index (χ1n) is 11.1. The third kappa shape index (κ3) is 4.33. The molecule has 0 amide bonds. The van der Waals surface area contributed by atoms with Gasteiger partial charge in [-0.05, 0) is 92.9 Å². The Labute approximate surface area is 208 Å². The number of ether oxygens (including phenoxy) is 1. The number of allylic oxidation sites excluding steroid dienone is 4. The molecule has 2 aromatic rings. The zero-order valence-corrected chi connectivity index (χ0v) is 21.0. The van der Waals surface area contributed by atoms with E-state index >= 15 is 0 Å². The van der Waals surface area contributed by atoms with Gasteiger partial charge in [-0.2, -0.15) is 0 Å². The Hall–Kier alpha value is -2.25. The number of Topliss-reactive ketones (excluding diaryl/α,β-unsaturated/α-hetero) is 2. The molecular weight excluding hydrogens is 553 g/mol. The maximum absolute atomic E-state index is 13.5. The average Bonchev–Trinajstić information content (AvgIpc) is 2.77. The SMILES string of the molecule is O=C1CCCC2=C1C(c1cc(Br)c(OCc3cccc(F)c3)c(Br)c1)C1=C(CCCC1=O)N2. The van der Waals surface area contributed by atoms with Crippen molar-refractivity contribution >= 4 is 43.4 Å². The lowest BCUT2D eigenvalue weighted by molar-refractivity contribution is -0.116. The van der Waals surface area contributed by atoms with Crippen LogP contribution in [0, 0.1) is 5.82 Å². The molecule has 0 spiro atoms. The van der Waals surface area contributed by atoms with Crippen LogP contribution in [-0.4, -0.2) is 11.6 Å². The zero-order valence-electron chi connectivity index (χ0n) is 17.8. The molecule has 0 unspecified atom stereocenters. The second-order valence-electron chi connectivity index (χ2n) is 8.63. The highest BCUT2D eigenvalue weighted by molar-refractivity contribution is 9.11. The van der Waals surface area contributed by atoms with Crippen LogP contribution in [0.4, 0.5) is 4.39 Å². The van der Waals surface area contributed by atoms with Gasteiger partial charge in [-0.1, -0.05) is 12.1 Å². The number of hydrogen-bond acceptors (Lipinski definition) is 4. The lowest BCUT2D eigenvalue weighted by Gasteiger charge is -2.37. The van der Waals surface area contributed by atoms with Crippen molar-refractivity contribution in [1.29, 1.82) is 0 Å². The van der Waals surface area contributed by atoms with E-state index < -0.39 is 0 Å². The third-order valence-electron chi connectivity index (χ3n) is 6.42. The van der Waals surface area contributed by atoms with E-state index in [1.54, 1.807) is 12.1 Å². The number of hydrogen-bond donors (Lipinski definition) is 1. The van der Waals surface area contributed by atoms with Crippen LogP contribution in [0.3, 0.4) is 0 Å². The van der Waals surface area contributed by atoms with E-state index in [2.05, 4.69) is 37.2 Å². The summed E-state index contributed by atoms with van der Waals surface area (Å²) in [6.07, 6.45) is 4.30. The summed E-state index contributed by atoms with van der Waals surface area (Å²) >= 11 is 7.22. The molecule has 2 aliphatic carbocycles. The molecule has 170 valence electrons. The first-order valence-corrected chi connectivity index (χ1v) is 12.7. The van der Waals surface area contributed by atoms with Gasteiger partial charge in [0.25, 0.3) is 0 Å². The van der Waals surface area contributed by atoms with Gasteiger partial charge in [0.2, 0.25) is 0 Å². The number of halogens is 3. The number of ketones is 2. The first-order chi connectivity index (χ1) is 15.9. The molecule has 1 heterocycles.